The van der Waals surface area contributed by atoms with Gasteiger partial charge in [-0.2, -0.15) is 0 Å². The highest BCUT2D eigenvalue weighted by Gasteiger charge is 2.29. The number of fused-ring (bicyclic) bond motifs is 1. The Labute approximate surface area is 148 Å². The van der Waals surface area contributed by atoms with Crippen LogP contribution in [0.5, 0.6) is 0 Å². The second-order valence-corrected chi connectivity index (χ2v) is 6.83. The Balaban J connectivity index is 1.74. The maximum atomic E-state index is 12.5. The number of amides is 1. The van der Waals surface area contributed by atoms with Crippen molar-refractivity contribution in [1.29, 1.82) is 0 Å². The number of piperidine rings is 1. The molecule has 0 radical (unpaired) electrons. The predicted octanol–water partition coefficient (Wildman–Crippen LogP) is 3.49. The Hall–Kier alpha value is -2.43. The number of carbonyl (C=O) groups excluding carboxylic acids is 2. The summed E-state index contributed by atoms with van der Waals surface area (Å²) in [7, 11) is 0. The average molecular weight is 340 g/mol. The zero-order chi connectivity index (χ0) is 18.0. The van der Waals surface area contributed by atoms with E-state index >= 15 is 0 Å². The highest BCUT2D eigenvalue weighted by molar-refractivity contribution is 6.04. The van der Waals surface area contributed by atoms with Crippen LogP contribution in [0.3, 0.4) is 0 Å². The third-order valence-corrected chi connectivity index (χ3v) is 4.87. The molecule has 5 nitrogen and oxygen atoms in total. The van der Waals surface area contributed by atoms with Crippen molar-refractivity contribution < 1.29 is 14.3 Å². The summed E-state index contributed by atoms with van der Waals surface area (Å²) >= 11 is 0. The number of aromatic nitrogens is 1. The monoisotopic (exact) mass is 340 g/mol. The second-order valence-electron chi connectivity index (χ2n) is 6.83. The molecule has 1 aliphatic heterocycles. The molecule has 2 heterocycles. The van der Waals surface area contributed by atoms with Crippen LogP contribution in [0.1, 0.15) is 49.2 Å². The van der Waals surface area contributed by atoms with Gasteiger partial charge in [-0.05, 0) is 52.2 Å². The van der Waals surface area contributed by atoms with Crippen LogP contribution in [0, 0.1) is 6.92 Å². The fraction of sp³-hybridized carbons (Fsp3) is 0.450. The summed E-state index contributed by atoms with van der Waals surface area (Å²) in [5.74, 6) is -0.601. The lowest BCUT2D eigenvalue weighted by molar-refractivity contribution is -0.140. The molecule has 1 fully saturated rings. The van der Waals surface area contributed by atoms with Crippen molar-refractivity contribution in [2.75, 3.05) is 6.61 Å². The number of pyridine rings is 1. The molecule has 1 amide bonds. The summed E-state index contributed by atoms with van der Waals surface area (Å²) < 4.78 is 5.34. The Morgan fingerprint density at radius 2 is 1.88 bits per heavy atom. The lowest BCUT2D eigenvalue weighted by atomic mass is 9.97. The Morgan fingerprint density at radius 3 is 2.60 bits per heavy atom. The molecule has 1 aromatic heterocycles. The molecule has 0 bridgehead atoms. The first-order chi connectivity index (χ1) is 12.0. The van der Waals surface area contributed by atoms with Gasteiger partial charge in [0, 0.05) is 23.2 Å². The molecule has 0 N–H and O–H groups in total. The standard InChI is InChI=1S/C20H24N2O3/c1-13-11-17(16-9-4-5-10-18(16)21-13)20(24)25-12-19(23)22-14(2)7-6-8-15(22)3/h4-5,9-11,14-15H,6-8,12H2,1-3H3/t14-,15-/m1/s1. The summed E-state index contributed by atoms with van der Waals surface area (Å²) in [5.41, 5.74) is 1.95. The van der Waals surface area contributed by atoms with Gasteiger partial charge < -0.3 is 9.64 Å². The minimum Gasteiger partial charge on any atom is -0.452 e. The van der Waals surface area contributed by atoms with Gasteiger partial charge in [-0.1, -0.05) is 18.2 Å². The van der Waals surface area contributed by atoms with E-state index in [-0.39, 0.29) is 24.6 Å². The summed E-state index contributed by atoms with van der Waals surface area (Å²) in [6.45, 7) is 5.72. The van der Waals surface area contributed by atoms with Crippen LogP contribution in [-0.4, -0.2) is 40.5 Å². The van der Waals surface area contributed by atoms with Crippen LogP contribution in [0.25, 0.3) is 10.9 Å². The molecule has 1 aliphatic rings. The molecular formula is C20H24N2O3. The third-order valence-electron chi connectivity index (χ3n) is 4.87. The molecule has 0 aliphatic carbocycles. The van der Waals surface area contributed by atoms with Crippen LogP contribution in [0.15, 0.2) is 30.3 Å². The number of hydrogen-bond acceptors (Lipinski definition) is 4. The van der Waals surface area contributed by atoms with Gasteiger partial charge >= 0.3 is 5.97 Å². The number of benzene rings is 1. The summed E-state index contributed by atoms with van der Waals surface area (Å²) in [4.78, 5) is 31.3. The van der Waals surface area contributed by atoms with Gasteiger partial charge in [0.2, 0.25) is 0 Å². The molecule has 0 unspecified atom stereocenters. The zero-order valence-corrected chi connectivity index (χ0v) is 15.0. The van der Waals surface area contributed by atoms with E-state index in [4.69, 9.17) is 4.74 Å². The summed E-state index contributed by atoms with van der Waals surface area (Å²) in [5, 5.41) is 0.741. The molecule has 132 valence electrons. The van der Waals surface area contributed by atoms with E-state index in [1.807, 2.05) is 36.1 Å². The highest BCUT2D eigenvalue weighted by Crippen LogP contribution is 2.23. The van der Waals surface area contributed by atoms with Crippen molar-refractivity contribution >= 4 is 22.8 Å². The zero-order valence-electron chi connectivity index (χ0n) is 15.0. The van der Waals surface area contributed by atoms with Gasteiger partial charge in [0.05, 0.1) is 11.1 Å². The van der Waals surface area contributed by atoms with E-state index in [0.717, 1.165) is 35.9 Å². The lowest BCUT2D eigenvalue weighted by Crippen LogP contribution is -2.49. The van der Waals surface area contributed by atoms with Crippen molar-refractivity contribution in [1.82, 2.24) is 9.88 Å². The van der Waals surface area contributed by atoms with Gasteiger partial charge in [-0.15, -0.1) is 0 Å². The Morgan fingerprint density at radius 1 is 1.20 bits per heavy atom. The quantitative estimate of drug-likeness (QED) is 0.803. The minimum atomic E-state index is -0.479. The van der Waals surface area contributed by atoms with E-state index in [1.54, 1.807) is 6.07 Å². The Bertz CT molecular complexity index is 793. The first-order valence-electron chi connectivity index (χ1n) is 8.82. The fourth-order valence-corrected chi connectivity index (χ4v) is 3.67. The predicted molar refractivity (Wildman–Crippen MR) is 96.4 cm³/mol. The molecule has 1 saturated heterocycles. The lowest BCUT2D eigenvalue weighted by Gasteiger charge is -2.38. The highest BCUT2D eigenvalue weighted by atomic mass is 16.5. The van der Waals surface area contributed by atoms with E-state index in [0.29, 0.717) is 5.56 Å². The average Bonchev–Trinajstić information content (AvgIpc) is 2.58. The van der Waals surface area contributed by atoms with Gasteiger partial charge in [0.1, 0.15) is 0 Å². The SMILES string of the molecule is Cc1cc(C(=O)OCC(=O)N2[C@H](C)CCC[C@H]2C)c2ccccc2n1. The molecule has 5 heteroatoms. The first-order valence-corrected chi connectivity index (χ1v) is 8.82. The smallest absolute Gasteiger partial charge is 0.339 e. The molecule has 25 heavy (non-hydrogen) atoms. The van der Waals surface area contributed by atoms with E-state index in [2.05, 4.69) is 18.8 Å². The number of ether oxygens (including phenoxy) is 1. The number of para-hydroxylation sites is 1. The first kappa shape index (κ1) is 17.4. The largest absolute Gasteiger partial charge is 0.452 e. The number of aryl methyl sites for hydroxylation is 1. The molecule has 2 aromatic rings. The van der Waals surface area contributed by atoms with E-state index in [9.17, 15) is 9.59 Å². The second kappa shape index (κ2) is 7.21. The molecule has 3 rings (SSSR count). The van der Waals surface area contributed by atoms with Crippen LogP contribution >= 0.6 is 0 Å². The normalized spacial score (nSPS) is 20.5. The number of hydrogen-bond donors (Lipinski definition) is 0. The van der Waals surface area contributed by atoms with E-state index < -0.39 is 5.97 Å². The van der Waals surface area contributed by atoms with Gasteiger partial charge in [-0.3, -0.25) is 9.78 Å². The Kier molecular flexibility index (Phi) is 5.02. The number of likely N-dealkylation sites (tertiary alicyclic amines) is 1. The number of nitrogens with zero attached hydrogens (tertiary/aromatic N) is 2. The van der Waals surface area contributed by atoms with Crippen LogP contribution < -0.4 is 0 Å². The molecule has 2 atom stereocenters. The number of rotatable bonds is 3. The van der Waals surface area contributed by atoms with Gasteiger partial charge in [0.25, 0.3) is 5.91 Å². The van der Waals surface area contributed by atoms with Gasteiger partial charge in [-0.25, -0.2) is 4.79 Å². The molecule has 0 saturated carbocycles. The molecular weight excluding hydrogens is 316 g/mol. The number of carbonyl (C=O) groups is 2. The van der Waals surface area contributed by atoms with Crippen molar-refractivity contribution in [2.24, 2.45) is 0 Å². The topological polar surface area (TPSA) is 59.5 Å². The van der Waals surface area contributed by atoms with Crippen LogP contribution in [0.2, 0.25) is 0 Å². The van der Waals surface area contributed by atoms with Crippen molar-refractivity contribution in [3.05, 3.63) is 41.6 Å². The summed E-state index contributed by atoms with van der Waals surface area (Å²) in [6.07, 6.45) is 3.13. The molecule has 0 spiro atoms. The molecule has 1 aromatic carbocycles. The van der Waals surface area contributed by atoms with Crippen LogP contribution in [-0.2, 0) is 9.53 Å². The third kappa shape index (κ3) is 3.65. The summed E-state index contributed by atoms with van der Waals surface area (Å²) in [6, 6.07) is 9.54. The van der Waals surface area contributed by atoms with Crippen LogP contribution in [0.4, 0.5) is 0 Å². The maximum absolute atomic E-state index is 12.5. The van der Waals surface area contributed by atoms with Crippen molar-refractivity contribution in [2.45, 2.75) is 52.1 Å². The maximum Gasteiger partial charge on any atom is 0.339 e. The van der Waals surface area contributed by atoms with Crippen molar-refractivity contribution in [3.63, 3.8) is 0 Å². The fourth-order valence-electron chi connectivity index (χ4n) is 3.67. The van der Waals surface area contributed by atoms with E-state index in [1.165, 1.54) is 0 Å². The van der Waals surface area contributed by atoms with Gasteiger partial charge in [0.15, 0.2) is 6.61 Å². The number of esters is 1. The van der Waals surface area contributed by atoms with Crippen molar-refractivity contribution in [3.8, 4) is 0 Å². The minimum absolute atomic E-state index is 0.122.